The molecule has 0 aromatic heterocycles. The molecule has 0 N–H and O–H groups in total. The Balaban J connectivity index is 2.28. The third-order valence-corrected chi connectivity index (χ3v) is 3.63. The van der Waals surface area contributed by atoms with E-state index in [0.29, 0.717) is 11.3 Å². The average molecular weight is 284 g/mol. The molecule has 0 spiro atoms. The maximum Gasteiger partial charge on any atom is 0.284 e. The van der Waals surface area contributed by atoms with Crippen molar-refractivity contribution in [3.8, 4) is 5.75 Å². The Kier molecular flexibility index (Phi) is 3.27. The molecule has 0 bridgehead atoms. The molecule has 5 nitrogen and oxygen atoms in total. The van der Waals surface area contributed by atoms with E-state index in [4.69, 9.17) is 9.57 Å². The number of hydrogen-bond donors (Lipinski definition) is 0. The zero-order chi connectivity index (χ0) is 15.0. The minimum Gasteiger partial charge on any atom is -0.497 e. The Morgan fingerprint density at radius 1 is 0.952 bits per heavy atom. The molecule has 2 aromatic rings. The molecule has 1 heterocycles. The summed E-state index contributed by atoms with van der Waals surface area (Å²) in [6, 6.07) is 13.0. The Morgan fingerprint density at radius 2 is 1.71 bits per heavy atom. The Hall–Kier alpha value is -2.53. The van der Waals surface area contributed by atoms with Crippen LogP contribution >= 0.6 is 0 Å². The lowest BCUT2D eigenvalue weighted by molar-refractivity contribution is 0.0776. The van der Waals surface area contributed by atoms with Gasteiger partial charge in [-0.1, -0.05) is 12.1 Å². The second kappa shape index (κ2) is 5.10. The van der Waals surface area contributed by atoms with Gasteiger partial charge in [0.05, 0.1) is 36.8 Å². The number of ether oxygens (including phenoxy) is 1. The van der Waals surface area contributed by atoms with Crippen LogP contribution in [0.3, 0.4) is 0 Å². The number of hydrogen-bond acceptors (Lipinski definition) is 4. The monoisotopic (exact) mass is 284 g/mol. The highest BCUT2D eigenvalue weighted by molar-refractivity contribution is 6.12. The van der Waals surface area contributed by atoms with Gasteiger partial charge in [0.25, 0.3) is 5.91 Å². The van der Waals surface area contributed by atoms with E-state index in [0.717, 1.165) is 17.1 Å². The molecule has 5 heteroatoms. The Morgan fingerprint density at radius 3 is 2.43 bits per heavy atom. The molecule has 0 radical (unpaired) electrons. The van der Waals surface area contributed by atoms with E-state index in [2.05, 4.69) is 0 Å². The van der Waals surface area contributed by atoms with Gasteiger partial charge in [-0.3, -0.25) is 9.63 Å². The van der Waals surface area contributed by atoms with E-state index in [1.807, 2.05) is 48.3 Å². The standard InChI is InChI=1S/C16H16N2O3/c1-17-13-7-5-4-6-12(13)16(19)18(21-3)14-9-8-11(20-2)10-15(14)17/h4-10H,1-3H3. The van der Waals surface area contributed by atoms with Crippen LogP contribution in [-0.2, 0) is 4.84 Å². The van der Waals surface area contributed by atoms with Crippen LogP contribution in [0.25, 0.3) is 0 Å². The predicted molar refractivity (Wildman–Crippen MR) is 81.3 cm³/mol. The molecule has 0 aliphatic carbocycles. The molecule has 1 aliphatic rings. The van der Waals surface area contributed by atoms with Gasteiger partial charge in [0.1, 0.15) is 5.75 Å². The minimum absolute atomic E-state index is 0.191. The van der Waals surface area contributed by atoms with Crippen molar-refractivity contribution in [3.63, 3.8) is 0 Å². The number of carbonyl (C=O) groups is 1. The molecule has 1 aliphatic heterocycles. The largest absolute Gasteiger partial charge is 0.497 e. The van der Waals surface area contributed by atoms with Crippen molar-refractivity contribution < 1.29 is 14.4 Å². The van der Waals surface area contributed by atoms with E-state index in [1.165, 1.54) is 12.2 Å². The summed E-state index contributed by atoms with van der Waals surface area (Å²) in [5.74, 6) is 0.535. The number of carbonyl (C=O) groups excluding carboxylic acids is 1. The van der Waals surface area contributed by atoms with E-state index in [1.54, 1.807) is 13.2 Å². The average Bonchev–Trinajstić information content (AvgIpc) is 2.62. The molecular weight excluding hydrogens is 268 g/mol. The van der Waals surface area contributed by atoms with Crippen LogP contribution in [-0.4, -0.2) is 27.2 Å². The molecule has 0 atom stereocenters. The lowest BCUT2D eigenvalue weighted by atomic mass is 10.1. The number of fused-ring (bicyclic) bond motifs is 2. The third-order valence-electron chi connectivity index (χ3n) is 3.63. The number of anilines is 3. The summed E-state index contributed by atoms with van der Waals surface area (Å²) in [6.45, 7) is 0. The topological polar surface area (TPSA) is 42.0 Å². The number of nitrogens with zero attached hydrogens (tertiary/aromatic N) is 2. The van der Waals surface area contributed by atoms with Crippen molar-refractivity contribution >= 4 is 23.0 Å². The quantitative estimate of drug-likeness (QED) is 0.850. The van der Waals surface area contributed by atoms with Crippen molar-refractivity contribution in [3.05, 3.63) is 48.0 Å². The zero-order valence-electron chi connectivity index (χ0n) is 12.2. The summed E-state index contributed by atoms with van der Waals surface area (Å²) in [6.07, 6.45) is 0. The molecular formula is C16H16N2O3. The van der Waals surface area contributed by atoms with Crippen LogP contribution < -0.4 is 14.7 Å². The molecule has 108 valence electrons. The zero-order valence-corrected chi connectivity index (χ0v) is 12.2. The summed E-state index contributed by atoms with van der Waals surface area (Å²) < 4.78 is 5.28. The first-order chi connectivity index (χ1) is 10.2. The first-order valence-electron chi connectivity index (χ1n) is 6.56. The molecule has 21 heavy (non-hydrogen) atoms. The van der Waals surface area contributed by atoms with E-state index >= 15 is 0 Å². The van der Waals surface area contributed by atoms with Crippen molar-refractivity contribution in [2.75, 3.05) is 31.2 Å². The van der Waals surface area contributed by atoms with Crippen molar-refractivity contribution in [2.45, 2.75) is 0 Å². The number of methoxy groups -OCH3 is 1. The van der Waals surface area contributed by atoms with Crippen molar-refractivity contribution in [1.29, 1.82) is 0 Å². The van der Waals surface area contributed by atoms with Gasteiger partial charge in [-0.05, 0) is 24.3 Å². The molecule has 0 unspecified atom stereocenters. The number of amides is 1. The number of para-hydroxylation sites is 1. The highest BCUT2D eigenvalue weighted by atomic mass is 16.7. The number of rotatable bonds is 2. The highest BCUT2D eigenvalue weighted by Crippen LogP contribution is 2.41. The molecule has 0 saturated heterocycles. The van der Waals surface area contributed by atoms with Gasteiger partial charge in [-0.2, -0.15) is 5.06 Å². The van der Waals surface area contributed by atoms with Crippen molar-refractivity contribution in [1.82, 2.24) is 0 Å². The summed E-state index contributed by atoms with van der Waals surface area (Å²) in [5, 5.41) is 1.30. The van der Waals surface area contributed by atoms with Crippen LogP contribution in [0.4, 0.5) is 17.1 Å². The van der Waals surface area contributed by atoms with Gasteiger partial charge in [0.2, 0.25) is 0 Å². The Bertz CT molecular complexity index is 700. The first kappa shape index (κ1) is 13.5. The second-order valence-electron chi connectivity index (χ2n) is 4.71. The molecule has 3 rings (SSSR count). The van der Waals surface area contributed by atoms with Gasteiger partial charge in [0.15, 0.2) is 0 Å². The highest BCUT2D eigenvalue weighted by Gasteiger charge is 2.29. The van der Waals surface area contributed by atoms with Gasteiger partial charge in [-0.15, -0.1) is 0 Å². The smallest absolute Gasteiger partial charge is 0.284 e. The fourth-order valence-corrected chi connectivity index (χ4v) is 2.55. The lowest BCUT2D eigenvalue weighted by Gasteiger charge is -2.23. The van der Waals surface area contributed by atoms with Crippen LogP contribution in [0.15, 0.2) is 42.5 Å². The maximum absolute atomic E-state index is 12.7. The number of hydroxylamine groups is 1. The van der Waals surface area contributed by atoms with Crippen LogP contribution in [0.2, 0.25) is 0 Å². The maximum atomic E-state index is 12.7. The fraction of sp³-hybridized carbons (Fsp3) is 0.188. The molecule has 2 aromatic carbocycles. The summed E-state index contributed by atoms with van der Waals surface area (Å²) in [4.78, 5) is 19.9. The minimum atomic E-state index is -0.191. The normalized spacial score (nSPS) is 13.6. The lowest BCUT2D eigenvalue weighted by Crippen LogP contribution is -2.29. The summed E-state index contributed by atoms with van der Waals surface area (Å²) in [7, 11) is 5.02. The third kappa shape index (κ3) is 2.02. The SMILES string of the molecule is COc1ccc2c(c1)N(C)c1ccccc1C(=O)N2OC. The molecule has 1 amide bonds. The second-order valence-corrected chi connectivity index (χ2v) is 4.71. The van der Waals surface area contributed by atoms with Gasteiger partial charge >= 0.3 is 0 Å². The van der Waals surface area contributed by atoms with Crippen LogP contribution in [0.5, 0.6) is 5.75 Å². The van der Waals surface area contributed by atoms with Crippen molar-refractivity contribution in [2.24, 2.45) is 0 Å². The first-order valence-corrected chi connectivity index (χ1v) is 6.56. The summed E-state index contributed by atoms with van der Waals surface area (Å²) in [5.41, 5.74) is 2.95. The fourth-order valence-electron chi connectivity index (χ4n) is 2.55. The summed E-state index contributed by atoms with van der Waals surface area (Å²) >= 11 is 0. The van der Waals surface area contributed by atoms with E-state index < -0.39 is 0 Å². The van der Waals surface area contributed by atoms with Crippen LogP contribution in [0.1, 0.15) is 10.4 Å². The van der Waals surface area contributed by atoms with Gasteiger partial charge in [0, 0.05) is 13.1 Å². The van der Waals surface area contributed by atoms with Gasteiger partial charge in [-0.25, -0.2) is 0 Å². The Labute approximate surface area is 123 Å². The predicted octanol–water partition coefficient (Wildman–Crippen LogP) is 2.98. The molecule has 0 fully saturated rings. The number of benzene rings is 2. The van der Waals surface area contributed by atoms with E-state index in [9.17, 15) is 4.79 Å². The van der Waals surface area contributed by atoms with Gasteiger partial charge < -0.3 is 9.64 Å². The van der Waals surface area contributed by atoms with E-state index in [-0.39, 0.29) is 5.91 Å². The molecule has 0 saturated carbocycles. The van der Waals surface area contributed by atoms with Crippen LogP contribution in [0, 0.1) is 0 Å².